The minimum absolute atomic E-state index is 0.190. The van der Waals surface area contributed by atoms with Crippen molar-refractivity contribution in [2.24, 2.45) is 0 Å². The van der Waals surface area contributed by atoms with Gasteiger partial charge in [-0.2, -0.15) is 8.42 Å². The number of non-ortho nitro benzene ring substituents is 1. The van der Waals surface area contributed by atoms with Gasteiger partial charge in [-0.05, 0) is 26.0 Å². The Labute approximate surface area is 150 Å². The summed E-state index contributed by atoms with van der Waals surface area (Å²) >= 11 is 0. The van der Waals surface area contributed by atoms with Crippen LogP contribution in [0, 0.1) is 10.1 Å². The highest BCUT2D eigenvalue weighted by Crippen LogP contribution is 2.39. The third-order valence-electron chi connectivity index (χ3n) is 4.06. The number of nitro groups is 1. The summed E-state index contributed by atoms with van der Waals surface area (Å²) in [5, 5.41) is 10.6. The molecule has 144 valence electrons. The van der Waals surface area contributed by atoms with Gasteiger partial charge in [0.2, 0.25) is 0 Å². The fourth-order valence-corrected chi connectivity index (χ4v) is 3.84. The van der Waals surface area contributed by atoms with Crippen LogP contribution < -0.4 is 0 Å². The van der Waals surface area contributed by atoms with Crippen molar-refractivity contribution >= 4 is 15.8 Å². The summed E-state index contributed by atoms with van der Waals surface area (Å²) in [7, 11) is -2.66. The van der Waals surface area contributed by atoms with Gasteiger partial charge in [0.15, 0.2) is 12.1 Å². The van der Waals surface area contributed by atoms with Gasteiger partial charge in [-0.15, -0.1) is 0 Å². The Morgan fingerprint density at radius 3 is 2.38 bits per heavy atom. The maximum Gasteiger partial charge on any atom is 0.297 e. The van der Waals surface area contributed by atoms with Crippen molar-refractivity contribution in [1.29, 1.82) is 0 Å². The van der Waals surface area contributed by atoms with Crippen LogP contribution in [0.3, 0.4) is 0 Å². The number of methoxy groups -OCH3 is 1. The van der Waals surface area contributed by atoms with Gasteiger partial charge in [0.05, 0.1) is 16.4 Å². The lowest BCUT2D eigenvalue weighted by molar-refractivity contribution is -0.384. The molecule has 2 aliphatic rings. The first kappa shape index (κ1) is 19.1. The topological polar surface area (TPSA) is 123 Å². The van der Waals surface area contributed by atoms with Crippen LogP contribution in [0.2, 0.25) is 0 Å². The Kier molecular flexibility index (Phi) is 5.03. The van der Waals surface area contributed by atoms with Crippen molar-refractivity contribution in [2.45, 2.75) is 49.1 Å². The number of nitrogens with zero attached hydrogens (tertiary/aromatic N) is 1. The zero-order chi connectivity index (χ0) is 19.1. The molecule has 2 heterocycles. The third-order valence-corrected chi connectivity index (χ3v) is 5.36. The van der Waals surface area contributed by atoms with Crippen LogP contribution in [0.1, 0.15) is 13.8 Å². The number of nitro benzene ring substituents is 1. The summed E-state index contributed by atoms with van der Waals surface area (Å²) < 4.78 is 51.9. The number of rotatable bonds is 6. The van der Waals surface area contributed by atoms with Crippen LogP contribution in [0.25, 0.3) is 0 Å². The molecule has 0 N–H and O–H groups in total. The molecule has 4 atom stereocenters. The van der Waals surface area contributed by atoms with E-state index in [2.05, 4.69) is 0 Å². The molecule has 0 spiro atoms. The molecule has 0 bridgehead atoms. The SMILES string of the molecule is CO[C@@H]1O[C@H](COS(=O)(=O)c2ccc([N+](=O)[O-])cc2)[C@H]2OC(C)(C)O[C@@H]12. The highest BCUT2D eigenvalue weighted by Gasteiger charge is 2.55. The Bertz CT molecular complexity index is 777. The lowest BCUT2D eigenvalue weighted by atomic mass is 10.1. The quantitative estimate of drug-likeness (QED) is 0.401. The molecule has 10 nitrogen and oxygen atoms in total. The van der Waals surface area contributed by atoms with E-state index in [1.807, 2.05) is 0 Å². The first-order valence-corrected chi connectivity index (χ1v) is 9.21. The van der Waals surface area contributed by atoms with Gasteiger partial charge in [0, 0.05) is 19.2 Å². The summed E-state index contributed by atoms with van der Waals surface area (Å²) in [4.78, 5) is 9.84. The zero-order valence-corrected chi connectivity index (χ0v) is 15.2. The fourth-order valence-electron chi connectivity index (χ4n) is 2.93. The molecular weight excluding hydrogens is 370 g/mol. The van der Waals surface area contributed by atoms with E-state index in [1.54, 1.807) is 13.8 Å². The normalized spacial score (nSPS) is 30.3. The minimum Gasteiger partial charge on any atom is -0.353 e. The average Bonchev–Trinajstić information content (AvgIpc) is 3.06. The van der Waals surface area contributed by atoms with Gasteiger partial charge in [-0.3, -0.25) is 14.3 Å². The smallest absolute Gasteiger partial charge is 0.297 e. The highest BCUT2D eigenvalue weighted by molar-refractivity contribution is 7.86. The second kappa shape index (κ2) is 6.83. The van der Waals surface area contributed by atoms with E-state index in [0.717, 1.165) is 24.3 Å². The molecule has 1 aromatic rings. The van der Waals surface area contributed by atoms with E-state index in [1.165, 1.54) is 7.11 Å². The molecule has 2 aliphatic heterocycles. The van der Waals surface area contributed by atoms with Crippen molar-refractivity contribution in [2.75, 3.05) is 13.7 Å². The maximum atomic E-state index is 12.3. The van der Waals surface area contributed by atoms with Gasteiger partial charge >= 0.3 is 0 Å². The largest absolute Gasteiger partial charge is 0.353 e. The first-order chi connectivity index (χ1) is 12.1. The molecule has 2 fully saturated rings. The van der Waals surface area contributed by atoms with E-state index in [9.17, 15) is 18.5 Å². The van der Waals surface area contributed by atoms with Crippen molar-refractivity contribution in [3.8, 4) is 0 Å². The zero-order valence-electron chi connectivity index (χ0n) is 14.4. The average molecular weight is 389 g/mol. The highest BCUT2D eigenvalue weighted by atomic mass is 32.2. The maximum absolute atomic E-state index is 12.3. The molecule has 0 amide bonds. The second-order valence-corrected chi connectivity index (χ2v) is 7.95. The van der Waals surface area contributed by atoms with Crippen LogP contribution in [-0.2, 0) is 33.2 Å². The van der Waals surface area contributed by atoms with Crippen LogP contribution in [0.5, 0.6) is 0 Å². The fraction of sp³-hybridized carbons (Fsp3) is 0.600. The molecule has 0 unspecified atom stereocenters. The number of fused-ring (bicyclic) bond motifs is 1. The number of benzene rings is 1. The monoisotopic (exact) mass is 389 g/mol. The minimum atomic E-state index is -4.11. The predicted molar refractivity (Wildman–Crippen MR) is 85.7 cm³/mol. The van der Waals surface area contributed by atoms with E-state index >= 15 is 0 Å². The van der Waals surface area contributed by atoms with E-state index in [0.29, 0.717) is 0 Å². The first-order valence-electron chi connectivity index (χ1n) is 7.81. The molecule has 0 radical (unpaired) electrons. The molecule has 0 saturated carbocycles. The lowest BCUT2D eigenvalue weighted by Crippen LogP contribution is -2.33. The standard InChI is InChI=1S/C15H19NO9S/c1-15(2)24-12-11(23-14(21-3)13(12)25-15)8-22-26(19,20)10-6-4-9(5-7-10)16(17)18/h4-7,11-14H,8H2,1-3H3/t11-,12-,13-,14-/m1/s1. The molecule has 0 aromatic heterocycles. The van der Waals surface area contributed by atoms with Gasteiger partial charge in [-0.1, -0.05) is 0 Å². The summed E-state index contributed by atoms with van der Waals surface area (Å²) in [6.07, 6.45) is -2.44. The van der Waals surface area contributed by atoms with Gasteiger partial charge in [-0.25, -0.2) is 0 Å². The molecule has 3 rings (SSSR count). The summed E-state index contributed by atoms with van der Waals surface area (Å²) in [5.41, 5.74) is -0.215. The molecule has 11 heteroatoms. The molecule has 26 heavy (non-hydrogen) atoms. The Morgan fingerprint density at radius 1 is 1.19 bits per heavy atom. The molecule has 1 aromatic carbocycles. The third kappa shape index (κ3) is 3.72. The van der Waals surface area contributed by atoms with E-state index < -0.39 is 45.4 Å². The van der Waals surface area contributed by atoms with Crippen LogP contribution in [0.15, 0.2) is 29.2 Å². The molecule has 2 saturated heterocycles. The number of hydrogen-bond donors (Lipinski definition) is 0. The Morgan fingerprint density at radius 2 is 1.81 bits per heavy atom. The summed E-state index contributed by atoms with van der Waals surface area (Å²) in [6, 6.07) is 4.41. The number of hydrogen-bond acceptors (Lipinski definition) is 9. The molecular formula is C15H19NO9S. The van der Waals surface area contributed by atoms with Gasteiger partial charge < -0.3 is 18.9 Å². The number of ether oxygens (including phenoxy) is 4. The summed E-state index contributed by atoms with van der Waals surface area (Å²) in [5.74, 6) is -0.842. The van der Waals surface area contributed by atoms with E-state index in [-0.39, 0.29) is 17.2 Å². The van der Waals surface area contributed by atoms with Crippen molar-refractivity contribution in [3.05, 3.63) is 34.4 Å². The van der Waals surface area contributed by atoms with Crippen LogP contribution in [0.4, 0.5) is 5.69 Å². The second-order valence-electron chi connectivity index (χ2n) is 6.33. The van der Waals surface area contributed by atoms with Crippen LogP contribution in [-0.4, -0.2) is 57.4 Å². The summed E-state index contributed by atoms with van der Waals surface area (Å²) in [6.45, 7) is 3.17. The van der Waals surface area contributed by atoms with Crippen molar-refractivity contribution in [1.82, 2.24) is 0 Å². The van der Waals surface area contributed by atoms with Gasteiger partial charge in [0.1, 0.15) is 18.3 Å². The van der Waals surface area contributed by atoms with Crippen molar-refractivity contribution in [3.63, 3.8) is 0 Å². The predicted octanol–water partition coefficient (Wildman–Crippen LogP) is 1.19. The Hall–Kier alpha value is -1.63. The van der Waals surface area contributed by atoms with E-state index in [4.69, 9.17) is 23.1 Å². The Balaban J connectivity index is 1.68. The van der Waals surface area contributed by atoms with Crippen molar-refractivity contribution < 1.29 is 36.5 Å². The lowest BCUT2D eigenvalue weighted by Gasteiger charge is -2.23. The van der Waals surface area contributed by atoms with Gasteiger partial charge in [0.25, 0.3) is 15.8 Å². The molecule has 0 aliphatic carbocycles. The van der Waals surface area contributed by atoms with Crippen LogP contribution >= 0.6 is 0 Å².